The van der Waals surface area contributed by atoms with Gasteiger partial charge < -0.3 is 4.74 Å². The first-order chi connectivity index (χ1) is 8.66. The third kappa shape index (κ3) is 3.41. The molecule has 18 heavy (non-hydrogen) atoms. The van der Waals surface area contributed by atoms with Crippen LogP contribution >= 0.6 is 11.6 Å². The summed E-state index contributed by atoms with van der Waals surface area (Å²) in [5.74, 6) is 0. The SMILES string of the molecule is O=[N+]([O-])CC(c1ccc(Cl)cc1)N1CCOCC1. The second-order valence-corrected chi connectivity index (χ2v) is 4.67. The van der Waals surface area contributed by atoms with Crippen molar-refractivity contribution in [1.82, 2.24) is 4.90 Å². The van der Waals surface area contributed by atoms with E-state index in [1.165, 1.54) is 0 Å². The minimum atomic E-state index is -0.269. The van der Waals surface area contributed by atoms with Gasteiger partial charge in [-0.1, -0.05) is 23.7 Å². The summed E-state index contributed by atoms with van der Waals surface area (Å²) in [6.07, 6.45) is 0. The third-order valence-corrected chi connectivity index (χ3v) is 3.32. The molecule has 5 nitrogen and oxygen atoms in total. The van der Waals surface area contributed by atoms with Crippen molar-refractivity contribution in [2.75, 3.05) is 32.8 Å². The maximum absolute atomic E-state index is 10.8. The van der Waals surface area contributed by atoms with E-state index in [2.05, 4.69) is 4.90 Å². The van der Waals surface area contributed by atoms with E-state index in [0.29, 0.717) is 18.2 Å². The van der Waals surface area contributed by atoms with Crippen molar-refractivity contribution < 1.29 is 9.66 Å². The summed E-state index contributed by atoms with van der Waals surface area (Å²) < 4.78 is 5.28. The molecule has 0 aromatic heterocycles. The highest BCUT2D eigenvalue weighted by Gasteiger charge is 2.26. The Kier molecular flexibility index (Phi) is 4.52. The molecule has 1 fully saturated rings. The number of hydrogen-bond donors (Lipinski definition) is 0. The Hall–Kier alpha value is -1.17. The smallest absolute Gasteiger partial charge is 0.223 e. The zero-order chi connectivity index (χ0) is 13.0. The lowest BCUT2D eigenvalue weighted by Crippen LogP contribution is -2.41. The lowest BCUT2D eigenvalue weighted by Gasteiger charge is -2.32. The van der Waals surface area contributed by atoms with Crippen LogP contribution in [0.1, 0.15) is 11.6 Å². The third-order valence-electron chi connectivity index (χ3n) is 3.06. The van der Waals surface area contributed by atoms with Gasteiger partial charge in [0.15, 0.2) is 0 Å². The predicted octanol–water partition coefficient (Wildman–Crippen LogP) is 1.99. The number of ether oxygens (including phenoxy) is 1. The maximum Gasteiger partial charge on any atom is 0.223 e. The molecule has 0 spiro atoms. The van der Waals surface area contributed by atoms with Gasteiger partial charge in [-0.15, -0.1) is 0 Å². The fraction of sp³-hybridized carbons (Fsp3) is 0.500. The molecule has 0 radical (unpaired) electrons. The molecular formula is C12H15ClN2O3. The van der Waals surface area contributed by atoms with Gasteiger partial charge in [-0.25, -0.2) is 0 Å². The molecule has 0 saturated carbocycles. The largest absolute Gasteiger partial charge is 0.379 e. The van der Waals surface area contributed by atoms with Crippen LogP contribution in [0.5, 0.6) is 0 Å². The van der Waals surface area contributed by atoms with E-state index in [4.69, 9.17) is 16.3 Å². The lowest BCUT2D eigenvalue weighted by atomic mass is 10.1. The topological polar surface area (TPSA) is 55.6 Å². The second kappa shape index (κ2) is 6.13. The van der Waals surface area contributed by atoms with Gasteiger partial charge in [0.25, 0.3) is 0 Å². The Morgan fingerprint density at radius 2 is 1.94 bits per heavy atom. The van der Waals surface area contributed by atoms with E-state index in [9.17, 15) is 10.1 Å². The molecule has 0 bridgehead atoms. The molecule has 0 amide bonds. The fourth-order valence-electron chi connectivity index (χ4n) is 2.15. The zero-order valence-corrected chi connectivity index (χ0v) is 10.7. The van der Waals surface area contributed by atoms with Crippen LogP contribution in [-0.4, -0.2) is 42.7 Å². The minimum Gasteiger partial charge on any atom is -0.379 e. The molecule has 2 rings (SSSR count). The van der Waals surface area contributed by atoms with Crippen LogP contribution < -0.4 is 0 Å². The van der Waals surface area contributed by atoms with Crippen molar-refractivity contribution in [3.63, 3.8) is 0 Å². The Morgan fingerprint density at radius 3 is 2.50 bits per heavy atom. The molecule has 1 unspecified atom stereocenters. The molecule has 1 saturated heterocycles. The molecule has 1 aromatic rings. The van der Waals surface area contributed by atoms with E-state index in [0.717, 1.165) is 18.7 Å². The Bertz CT molecular complexity index is 404. The van der Waals surface area contributed by atoms with Crippen LogP contribution in [0.15, 0.2) is 24.3 Å². The summed E-state index contributed by atoms with van der Waals surface area (Å²) >= 11 is 5.84. The average Bonchev–Trinajstić information content (AvgIpc) is 2.38. The maximum atomic E-state index is 10.8. The number of nitrogens with zero attached hydrogens (tertiary/aromatic N) is 2. The Balaban J connectivity index is 2.17. The van der Waals surface area contributed by atoms with Gasteiger partial charge in [-0.2, -0.15) is 0 Å². The average molecular weight is 271 g/mol. The van der Waals surface area contributed by atoms with Gasteiger partial charge >= 0.3 is 0 Å². The van der Waals surface area contributed by atoms with Crippen molar-refractivity contribution in [3.8, 4) is 0 Å². The number of benzene rings is 1. The number of hydrogen-bond acceptors (Lipinski definition) is 4. The van der Waals surface area contributed by atoms with E-state index < -0.39 is 0 Å². The van der Waals surface area contributed by atoms with Gasteiger partial charge in [0, 0.05) is 23.0 Å². The Labute approximate surface area is 110 Å². The highest BCUT2D eigenvalue weighted by atomic mass is 35.5. The summed E-state index contributed by atoms with van der Waals surface area (Å²) in [5.41, 5.74) is 0.929. The highest BCUT2D eigenvalue weighted by Crippen LogP contribution is 2.23. The summed E-state index contributed by atoms with van der Waals surface area (Å²) in [7, 11) is 0. The molecule has 1 aliphatic rings. The minimum absolute atomic E-state index is 0.0956. The van der Waals surface area contributed by atoms with Gasteiger partial charge in [0.2, 0.25) is 6.54 Å². The number of morpholine rings is 1. The molecule has 0 aliphatic carbocycles. The number of halogens is 1. The van der Waals surface area contributed by atoms with Crippen LogP contribution in [0, 0.1) is 10.1 Å². The number of rotatable bonds is 4. The zero-order valence-electron chi connectivity index (χ0n) is 9.92. The van der Waals surface area contributed by atoms with Crippen molar-refractivity contribution in [2.24, 2.45) is 0 Å². The molecule has 0 N–H and O–H groups in total. The summed E-state index contributed by atoms with van der Waals surface area (Å²) in [6.45, 7) is 2.60. The monoisotopic (exact) mass is 270 g/mol. The first kappa shape index (κ1) is 13.3. The fourth-order valence-corrected chi connectivity index (χ4v) is 2.27. The molecule has 1 aliphatic heterocycles. The first-order valence-corrected chi connectivity index (χ1v) is 6.23. The first-order valence-electron chi connectivity index (χ1n) is 5.86. The second-order valence-electron chi connectivity index (χ2n) is 4.23. The van der Waals surface area contributed by atoms with Crippen LogP contribution in [0.3, 0.4) is 0 Å². The van der Waals surface area contributed by atoms with Crippen molar-refractivity contribution in [1.29, 1.82) is 0 Å². The molecule has 1 atom stereocenters. The van der Waals surface area contributed by atoms with Crippen LogP contribution in [0.25, 0.3) is 0 Å². The molecule has 1 heterocycles. The normalized spacial score (nSPS) is 18.5. The van der Waals surface area contributed by atoms with Gasteiger partial charge in [-0.05, 0) is 17.7 Å². The van der Waals surface area contributed by atoms with Crippen molar-refractivity contribution in [2.45, 2.75) is 6.04 Å². The van der Waals surface area contributed by atoms with E-state index in [-0.39, 0.29) is 17.5 Å². The van der Waals surface area contributed by atoms with Crippen LogP contribution in [-0.2, 0) is 4.74 Å². The Morgan fingerprint density at radius 1 is 1.33 bits per heavy atom. The molecular weight excluding hydrogens is 256 g/mol. The molecule has 6 heteroatoms. The lowest BCUT2D eigenvalue weighted by molar-refractivity contribution is -0.488. The van der Waals surface area contributed by atoms with E-state index in [1.807, 2.05) is 12.1 Å². The van der Waals surface area contributed by atoms with Crippen LogP contribution in [0.2, 0.25) is 5.02 Å². The predicted molar refractivity (Wildman–Crippen MR) is 68.4 cm³/mol. The molecule has 98 valence electrons. The van der Waals surface area contributed by atoms with E-state index >= 15 is 0 Å². The van der Waals surface area contributed by atoms with Crippen molar-refractivity contribution in [3.05, 3.63) is 45.0 Å². The summed E-state index contributed by atoms with van der Waals surface area (Å²) in [6, 6.07) is 7.04. The quantitative estimate of drug-likeness (QED) is 0.620. The van der Waals surface area contributed by atoms with Gasteiger partial charge in [-0.3, -0.25) is 15.0 Å². The summed E-state index contributed by atoms with van der Waals surface area (Å²) in [5, 5.41) is 11.5. The summed E-state index contributed by atoms with van der Waals surface area (Å²) in [4.78, 5) is 12.6. The number of nitro groups is 1. The van der Waals surface area contributed by atoms with Crippen molar-refractivity contribution >= 4 is 11.6 Å². The van der Waals surface area contributed by atoms with Gasteiger partial charge in [0.05, 0.1) is 13.2 Å². The molecule has 1 aromatic carbocycles. The highest BCUT2D eigenvalue weighted by molar-refractivity contribution is 6.30. The van der Waals surface area contributed by atoms with Gasteiger partial charge in [0.1, 0.15) is 6.04 Å². The van der Waals surface area contributed by atoms with E-state index in [1.54, 1.807) is 12.1 Å². The standard InChI is InChI=1S/C12H15ClN2O3/c13-11-3-1-10(2-4-11)12(9-15(16)17)14-5-7-18-8-6-14/h1-4,12H,5-9H2. The van der Waals surface area contributed by atoms with Crippen LogP contribution in [0.4, 0.5) is 0 Å².